The van der Waals surface area contributed by atoms with Crippen molar-refractivity contribution in [3.05, 3.63) is 17.5 Å². The maximum absolute atomic E-state index is 12.8. The summed E-state index contributed by atoms with van der Waals surface area (Å²) in [6, 6.07) is 0. The minimum absolute atomic E-state index is 0.0154. The van der Waals surface area contributed by atoms with E-state index in [4.69, 9.17) is 4.74 Å². The minimum Gasteiger partial charge on any atom is -0.374 e. The molecule has 7 nitrogen and oxygen atoms in total. The van der Waals surface area contributed by atoms with E-state index >= 15 is 0 Å². The molecule has 1 N–H and O–H groups in total. The number of nitrogens with zero attached hydrogens (tertiary/aromatic N) is 3. The predicted molar refractivity (Wildman–Crippen MR) is 93.2 cm³/mol. The standard InChI is InChI=1S/C18H28N4O3/c1-13-15(11-20-21(13)3)16(23)22-8-5-9-25-14(12-22)10-19-17(24)18(2)6-4-7-18/h11,14H,4-10,12H2,1-3H3,(H,19,24). The molecule has 1 saturated carbocycles. The minimum atomic E-state index is -0.215. The second-order valence-electron chi connectivity index (χ2n) is 7.49. The Kier molecular flexibility index (Phi) is 5.13. The summed E-state index contributed by atoms with van der Waals surface area (Å²) in [6.07, 6.45) is 5.28. The molecule has 1 aromatic heterocycles. The summed E-state index contributed by atoms with van der Waals surface area (Å²) in [4.78, 5) is 26.9. The maximum atomic E-state index is 12.8. The van der Waals surface area contributed by atoms with Crippen LogP contribution in [0.3, 0.4) is 0 Å². The molecule has 1 aliphatic heterocycles. The summed E-state index contributed by atoms with van der Waals surface area (Å²) in [5.41, 5.74) is 1.28. The summed E-state index contributed by atoms with van der Waals surface area (Å²) in [5, 5.41) is 7.18. The Morgan fingerprint density at radius 3 is 2.76 bits per heavy atom. The van der Waals surface area contributed by atoms with Gasteiger partial charge >= 0.3 is 0 Å². The number of rotatable bonds is 4. The molecule has 2 aliphatic rings. The van der Waals surface area contributed by atoms with Gasteiger partial charge in [0.15, 0.2) is 0 Å². The van der Waals surface area contributed by atoms with E-state index in [0.29, 0.717) is 31.8 Å². The van der Waals surface area contributed by atoms with Crippen LogP contribution in [0.5, 0.6) is 0 Å². The Morgan fingerprint density at radius 1 is 1.40 bits per heavy atom. The third-order valence-corrected chi connectivity index (χ3v) is 5.60. The lowest BCUT2D eigenvalue weighted by Crippen LogP contribution is -2.48. The topological polar surface area (TPSA) is 76.5 Å². The van der Waals surface area contributed by atoms with E-state index in [2.05, 4.69) is 10.4 Å². The highest BCUT2D eigenvalue weighted by Gasteiger charge is 2.39. The average Bonchev–Trinajstić information content (AvgIpc) is 2.78. The van der Waals surface area contributed by atoms with Crippen LogP contribution in [-0.2, 0) is 16.6 Å². The molecule has 1 unspecified atom stereocenters. The Balaban J connectivity index is 1.59. The number of carbonyl (C=O) groups is 2. The van der Waals surface area contributed by atoms with Gasteiger partial charge in [0, 0.05) is 44.4 Å². The van der Waals surface area contributed by atoms with Crippen molar-refractivity contribution in [1.82, 2.24) is 20.0 Å². The smallest absolute Gasteiger partial charge is 0.257 e. The molecule has 0 bridgehead atoms. The number of aryl methyl sites for hydroxylation is 1. The van der Waals surface area contributed by atoms with E-state index in [9.17, 15) is 9.59 Å². The highest BCUT2D eigenvalue weighted by atomic mass is 16.5. The van der Waals surface area contributed by atoms with Gasteiger partial charge in [0.25, 0.3) is 5.91 Å². The van der Waals surface area contributed by atoms with Crippen LogP contribution in [0.4, 0.5) is 0 Å². The van der Waals surface area contributed by atoms with Gasteiger partial charge in [0.2, 0.25) is 5.91 Å². The normalized spacial score (nSPS) is 22.8. The van der Waals surface area contributed by atoms with Gasteiger partial charge in [-0.2, -0.15) is 5.10 Å². The van der Waals surface area contributed by atoms with Crippen molar-refractivity contribution in [3.63, 3.8) is 0 Å². The fraction of sp³-hybridized carbons (Fsp3) is 0.722. The molecule has 1 saturated heterocycles. The summed E-state index contributed by atoms with van der Waals surface area (Å²) in [6.45, 7) is 6.11. The highest BCUT2D eigenvalue weighted by Crippen LogP contribution is 2.40. The van der Waals surface area contributed by atoms with Crippen LogP contribution in [0.2, 0.25) is 0 Å². The molecule has 138 valence electrons. The molecule has 3 rings (SSSR count). The number of ether oxygens (including phenoxy) is 1. The zero-order valence-corrected chi connectivity index (χ0v) is 15.4. The van der Waals surface area contributed by atoms with E-state index in [0.717, 1.165) is 31.4 Å². The second-order valence-corrected chi connectivity index (χ2v) is 7.49. The lowest BCUT2D eigenvalue weighted by molar-refractivity contribution is -0.135. The van der Waals surface area contributed by atoms with Gasteiger partial charge in [0.1, 0.15) is 0 Å². The summed E-state index contributed by atoms with van der Waals surface area (Å²) in [7, 11) is 1.83. The molecule has 2 fully saturated rings. The first-order chi connectivity index (χ1) is 11.9. The maximum Gasteiger partial charge on any atom is 0.257 e. The molecular weight excluding hydrogens is 320 g/mol. The van der Waals surface area contributed by atoms with Crippen molar-refractivity contribution in [2.24, 2.45) is 12.5 Å². The van der Waals surface area contributed by atoms with Crippen LogP contribution in [0, 0.1) is 12.3 Å². The lowest BCUT2D eigenvalue weighted by atomic mass is 9.70. The van der Waals surface area contributed by atoms with Crippen molar-refractivity contribution in [1.29, 1.82) is 0 Å². The fourth-order valence-corrected chi connectivity index (χ4v) is 3.44. The highest BCUT2D eigenvalue weighted by molar-refractivity contribution is 5.95. The van der Waals surface area contributed by atoms with Crippen LogP contribution < -0.4 is 5.32 Å². The molecule has 0 aromatic carbocycles. The molecular formula is C18H28N4O3. The van der Waals surface area contributed by atoms with E-state index < -0.39 is 0 Å². The summed E-state index contributed by atoms with van der Waals surface area (Å²) >= 11 is 0. The lowest BCUT2D eigenvalue weighted by Gasteiger charge is -2.37. The van der Waals surface area contributed by atoms with Crippen molar-refractivity contribution < 1.29 is 14.3 Å². The molecule has 1 aromatic rings. The Morgan fingerprint density at radius 2 is 2.16 bits per heavy atom. The monoisotopic (exact) mass is 348 g/mol. The van der Waals surface area contributed by atoms with Gasteiger partial charge in [-0.05, 0) is 26.2 Å². The molecule has 1 atom stereocenters. The quantitative estimate of drug-likeness (QED) is 0.889. The van der Waals surface area contributed by atoms with E-state index in [1.807, 2.05) is 25.8 Å². The Labute approximate surface area is 148 Å². The molecule has 1 aliphatic carbocycles. The third kappa shape index (κ3) is 3.71. The van der Waals surface area contributed by atoms with E-state index in [1.54, 1.807) is 10.9 Å². The van der Waals surface area contributed by atoms with Gasteiger partial charge in [-0.3, -0.25) is 14.3 Å². The van der Waals surface area contributed by atoms with Crippen molar-refractivity contribution >= 4 is 11.8 Å². The van der Waals surface area contributed by atoms with Crippen LogP contribution in [0.15, 0.2) is 6.20 Å². The first kappa shape index (κ1) is 17.9. The van der Waals surface area contributed by atoms with Crippen LogP contribution in [0.25, 0.3) is 0 Å². The van der Waals surface area contributed by atoms with Crippen molar-refractivity contribution in [2.75, 3.05) is 26.2 Å². The molecule has 0 radical (unpaired) electrons. The summed E-state index contributed by atoms with van der Waals surface area (Å²) in [5.74, 6) is 0.0889. The average molecular weight is 348 g/mol. The van der Waals surface area contributed by atoms with Gasteiger partial charge in [-0.15, -0.1) is 0 Å². The van der Waals surface area contributed by atoms with E-state index in [1.165, 1.54) is 0 Å². The van der Waals surface area contributed by atoms with Crippen molar-refractivity contribution in [2.45, 2.75) is 45.6 Å². The van der Waals surface area contributed by atoms with Gasteiger partial charge in [0.05, 0.1) is 17.9 Å². The molecule has 2 amide bonds. The number of amides is 2. The number of hydrogen-bond acceptors (Lipinski definition) is 4. The predicted octanol–water partition coefficient (Wildman–Crippen LogP) is 1.27. The SMILES string of the molecule is Cc1c(C(=O)N2CCCOC(CNC(=O)C3(C)CCC3)C2)cnn1C. The number of nitrogens with one attached hydrogen (secondary N) is 1. The number of hydrogen-bond donors (Lipinski definition) is 1. The number of carbonyl (C=O) groups excluding carboxylic acids is 2. The largest absolute Gasteiger partial charge is 0.374 e. The van der Waals surface area contributed by atoms with Gasteiger partial charge < -0.3 is 15.0 Å². The van der Waals surface area contributed by atoms with Crippen LogP contribution in [0.1, 0.15) is 48.7 Å². The second kappa shape index (κ2) is 7.15. The third-order valence-electron chi connectivity index (χ3n) is 5.60. The zero-order chi connectivity index (χ0) is 18.0. The van der Waals surface area contributed by atoms with E-state index in [-0.39, 0.29) is 23.3 Å². The Hall–Kier alpha value is -1.89. The fourth-order valence-electron chi connectivity index (χ4n) is 3.44. The molecule has 7 heteroatoms. The van der Waals surface area contributed by atoms with Gasteiger partial charge in [-0.25, -0.2) is 0 Å². The molecule has 25 heavy (non-hydrogen) atoms. The zero-order valence-electron chi connectivity index (χ0n) is 15.4. The van der Waals surface area contributed by atoms with Crippen molar-refractivity contribution in [3.8, 4) is 0 Å². The molecule has 0 spiro atoms. The Bertz CT molecular complexity index is 651. The number of aromatic nitrogens is 2. The van der Waals surface area contributed by atoms with Gasteiger partial charge in [-0.1, -0.05) is 13.3 Å². The van der Waals surface area contributed by atoms with Crippen LogP contribution >= 0.6 is 0 Å². The summed E-state index contributed by atoms with van der Waals surface area (Å²) < 4.78 is 7.55. The first-order valence-electron chi connectivity index (χ1n) is 9.08. The molecule has 2 heterocycles. The first-order valence-corrected chi connectivity index (χ1v) is 9.08. The van der Waals surface area contributed by atoms with Crippen LogP contribution in [-0.4, -0.2) is 58.8 Å².